The first-order chi connectivity index (χ1) is 28.7. The fourth-order valence-corrected chi connectivity index (χ4v) is 6.13. The van der Waals surface area contributed by atoms with Crippen LogP contribution >= 0.6 is 0 Å². The highest BCUT2D eigenvalue weighted by Crippen LogP contribution is 2.44. The van der Waals surface area contributed by atoms with Gasteiger partial charge in [0.1, 0.15) is 31.4 Å². The molecule has 0 radical (unpaired) electrons. The molecule has 1 heterocycles. The molecular formula is C37H42N2O17. The average molecular weight is 791 g/mol. The fourth-order valence-electron chi connectivity index (χ4n) is 6.13. The van der Waals surface area contributed by atoms with Gasteiger partial charge >= 0.3 is 41.9 Å². The van der Waals surface area contributed by atoms with Crippen molar-refractivity contribution < 1.29 is 87.2 Å². The number of alkyl carbamates (subject to hydrolysis) is 1. The first-order valence-corrected chi connectivity index (χ1v) is 16.8. The summed E-state index contributed by atoms with van der Waals surface area (Å²) in [4.78, 5) is 99.5. The van der Waals surface area contributed by atoms with E-state index in [1.165, 1.54) is 0 Å². The van der Waals surface area contributed by atoms with Gasteiger partial charge in [0.25, 0.3) is 0 Å². The molecule has 19 heteroatoms. The molecule has 1 saturated heterocycles. The van der Waals surface area contributed by atoms with E-state index in [1.807, 2.05) is 48.5 Å². The number of esters is 4. The number of hydrogen-bond acceptors (Lipinski definition) is 15. The minimum absolute atomic E-state index is 0.234. The topological polar surface area (TPSA) is 266 Å². The van der Waals surface area contributed by atoms with E-state index in [-0.39, 0.29) is 6.61 Å². The zero-order valence-corrected chi connectivity index (χ0v) is 29.6. The molecular weight excluding hydrogens is 744 g/mol. The molecule has 2 amide bonds. The van der Waals surface area contributed by atoms with Crippen LogP contribution in [-0.4, -0.2) is 121 Å². The number of aliphatic carboxylic acids is 2. The van der Waals surface area contributed by atoms with Gasteiger partial charge in [0, 0.05) is 45.4 Å². The maximum Gasteiger partial charge on any atom is 0.407 e. The summed E-state index contributed by atoms with van der Waals surface area (Å²) in [6.45, 7) is -5.93. The van der Waals surface area contributed by atoms with Crippen molar-refractivity contribution in [3.05, 3.63) is 59.7 Å². The third kappa shape index (κ3) is 11.5. The molecule has 1 fully saturated rings. The number of carboxylic acids is 2. The molecule has 1 unspecified atom stereocenters. The molecule has 2 aromatic carbocycles. The van der Waals surface area contributed by atoms with Crippen LogP contribution in [0.2, 0.25) is 0 Å². The average Bonchev–Trinajstić information content (AvgIpc) is 3.56. The Labute approximate surface area is 325 Å². The minimum Gasteiger partial charge on any atom is -0.481 e. The van der Waals surface area contributed by atoms with Gasteiger partial charge in [0.15, 0.2) is 24.6 Å². The Hall–Kier alpha value is -6.08. The molecule has 2 aliphatic rings. The van der Waals surface area contributed by atoms with E-state index in [2.05, 4.69) is 10.6 Å². The van der Waals surface area contributed by atoms with Gasteiger partial charge in [-0.2, -0.15) is 0 Å². The van der Waals surface area contributed by atoms with E-state index in [1.54, 1.807) is 0 Å². The number of amides is 2. The van der Waals surface area contributed by atoms with Crippen LogP contribution in [0.15, 0.2) is 48.5 Å². The van der Waals surface area contributed by atoms with Crippen molar-refractivity contribution in [2.24, 2.45) is 0 Å². The van der Waals surface area contributed by atoms with Crippen molar-refractivity contribution in [3.8, 4) is 11.1 Å². The van der Waals surface area contributed by atoms with Gasteiger partial charge in [-0.15, -0.1) is 0 Å². The minimum atomic E-state index is -2.00. The summed E-state index contributed by atoms with van der Waals surface area (Å²) in [5.74, 6) is -9.52. The van der Waals surface area contributed by atoms with Crippen molar-refractivity contribution >= 4 is 47.8 Å². The maximum atomic E-state index is 13.7. The summed E-state index contributed by atoms with van der Waals surface area (Å²) in [6.07, 6.45) is -11.9. The van der Waals surface area contributed by atoms with E-state index in [0.717, 1.165) is 22.3 Å². The Bertz CT molecular complexity index is 1860. The Morgan fingerprint density at radius 2 is 1.29 bits per heavy atom. The summed E-state index contributed by atoms with van der Waals surface area (Å²) in [5.41, 5.74) is 3.53. The molecule has 1 aliphatic carbocycles. The third-order valence-electron chi connectivity index (χ3n) is 8.44. The van der Waals surface area contributed by atoms with Gasteiger partial charge in [-0.05, 0) is 28.7 Å². The number of carboxylic acid groups (broad SMARTS) is 2. The quantitative estimate of drug-likeness (QED) is 0.130. The SMILES string of the molecule is [2H]CC(=O)OC[C@H]1OC(OC[C@@H](NC(=O)OCC2c3ccccc3-c3ccccc32)C(=O)N[C@@H](CCC(=O)O)C(=O)O)[C@@H](OC(=O)C[2H])[C@@H](OC(=O)C[2H])[C@@H]1OC(=O)C[2H]. The number of carbonyl (C=O) groups is 8. The molecule has 4 N–H and O–H groups in total. The molecule has 2 aromatic rings. The summed E-state index contributed by atoms with van der Waals surface area (Å²) < 4.78 is 67.6. The molecule has 7 atom stereocenters. The van der Waals surface area contributed by atoms with Crippen LogP contribution in [0.4, 0.5) is 4.79 Å². The molecule has 56 heavy (non-hydrogen) atoms. The lowest BCUT2D eigenvalue weighted by Gasteiger charge is -2.44. The number of rotatable bonds is 17. The summed E-state index contributed by atoms with van der Waals surface area (Å²) in [6, 6.07) is 11.2. The summed E-state index contributed by atoms with van der Waals surface area (Å²) in [7, 11) is 0. The highest BCUT2D eigenvalue weighted by molar-refractivity contribution is 5.89. The summed E-state index contributed by atoms with van der Waals surface area (Å²) in [5, 5.41) is 23.2. The first kappa shape index (κ1) is 36.9. The fraction of sp³-hybridized carbons (Fsp3) is 0.459. The molecule has 302 valence electrons. The van der Waals surface area contributed by atoms with Crippen LogP contribution in [0.1, 0.15) is 63.0 Å². The standard InChI is InChI=1S/C37H42N2O17/c1-18(40)50-17-29-31(53-19(2)41)32(54-20(3)42)33(55-21(4)43)36(56-29)51-16-28(34(46)38-27(35(47)48)13-14-30(44)45)39-37(49)52-15-26-24-11-7-5-9-22(24)23-10-6-8-12-25(23)26/h5-12,26-29,31-33,36H,13-17H2,1-4H3,(H,38,46)(H,39,49)(H,44,45)(H,47,48)/t27-,28+,29+,31+,32-,33-,36?/m0/s1/i1D,2D,3D,4D. The lowest BCUT2D eigenvalue weighted by Crippen LogP contribution is -2.63. The van der Waals surface area contributed by atoms with E-state index in [4.69, 9.17) is 43.7 Å². The smallest absolute Gasteiger partial charge is 0.407 e. The predicted octanol–water partition coefficient (Wildman–Crippen LogP) is 1.43. The zero-order valence-electron chi connectivity index (χ0n) is 33.6. The van der Waals surface area contributed by atoms with Crippen molar-refractivity contribution in [1.82, 2.24) is 10.6 Å². The maximum absolute atomic E-state index is 13.7. The lowest BCUT2D eigenvalue weighted by molar-refractivity contribution is -0.308. The number of nitrogens with one attached hydrogen (secondary N) is 2. The van der Waals surface area contributed by atoms with Gasteiger partial charge < -0.3 is 54.0 Å². The highest BCUT2D eigenvalue weighted by Gasteiger charge is 2.53. The van der Waals surface area contributed by atoms with E-state index in [9.17, 15) is 43.5 Å². The molecule has 0 saturated carbocycles. The Kier molecular flexibility index (Phi) is 12.8. The highest BCUT2D eigenvalue weighted by atomic mass is 16.7. The monoisotopic (exact) mass is 790 g/mol. The second-order valence-corrected chi connectivity index (χ2v) is 12.3. The van der Waals surface area contributed by atoms with E-state index >= 15 is 0 Å². The second-order valence-electron chi connectivity index (χ2n) is 12.3. The normalized spacial score (nSPS) is 21.8. The number of ether oxygens (including phenoxy) is 7. The van der Waals surface area contributed by atoms with Gasteiger partial charge in [0.05, 0.1) is 6.61 Å². The van der Waals surface area contributed by atoms with E-state index in [0.29, 0.717) is 0 Å². The van der Waals surface area contributed by atoms with Crippen molar-refractivity contribution in [2.45, 2.75) is 89.1 Å². The van der Waals surface area contributed by atoms with E-state index < -0.39 is 150 Å². The van der Waals surface area contributed by atoms with Gasteiger partial charge in [-0.1, -0.05) is 48.5 Å². The molecule has 0 bridgehead atoms. The van der Waals surface area contributed by atoms with Crippen LogP contribution in [0, 0.1) is 0 Å². The van der Waals surface area contributed by atoms with Crippen LogP contribution in [0.25, 0.3) is 11.1 Å². The zero-order chi connectivity index (χ0) is 43.9. The van der Waals surface area contributed by atoms with Gasteiger partial charge in [-0.3, -0.25) is 28.8 Å². The molecule has 1 aliphatic heterocycles. The molecule has 0 spiro atoms. The largest absolute Gasteiger partial charge is 0.481 e. The van der Waals surface area contributed by atoms with Crippen molar-refractivity contribution in [3.63, 3.8) is 0 Å². The number of hydrogen-bond donors (Lipinski definition) is 4. The van der Waals surface area contributed by atoms with Gasteiger partial charge in [0.2, 0.25) is 5.91 Å². The van der Waals surface area contributed by atoms with Crippen molar-refractivity contribution in [2.75, 3.05) is 19.8 Å². The predicted molar refractivity (Wildman–Crippen MR) is 186 cm³/mol. The Balaban J connectivity index is 1.65. The van der Waals surface area contributed by atoms with Crippen LogP contribution in [0.3, 0.4) is 0 Å². The number of carbonyl (C=O) groups excluding carboxylic acids is 6. The third-order valence-corrected chi connectivity index (χ3v) is 8.44. The number of fused-ring (bicyclic) bond motifs is 3. The molecule has 0 aromatic heterocycles. The van der Waals surface area contributed by atoms with Crippen molar-refractivity contribution in [1.29, 1.82) is 0 Å². The Morgan fingerprint density at radius 3 is 1.86 bits per heavy atom. The second kappa shape index (κ2) is 19.5. The molecule has 4 rings (SSSR count). The summed E-state index contributed by atoms with van der Waals surface area (Å²) >= 11 is 0. The lowest BCUT2D eigenvalue weighted by atomic mass is 9.98. The van der Waals surface area contributed by atoms with Gasteiger partial charge in [-0.25, -0.2) is 9.59 Å². The number of benzene rings is 2. The molecule has 19 nitrogen and oxygen atoms in total. The van der Waals surface area contributed by atoms with Crippen LogP contribution in [-0.2, 0) is 66.7 Å². The van der Waals surface area contributed by atoms with Crippen LogP contribution < -0.4 is 10.6 Å². The Morgan fingerprint density at radius 1 is 0.714 bits per heavy atom. The van der Waals surface area contributed by atoms with Crippen LogP contribution in [0.5, 0.6) is 0 Å². The first-order valence-electron chi connectivity index (χ1n) is 19.6.